The molecule has 0 saturated carbocycles. The van der Waals surface area contributed by atoms with E-state index in [9.17, 15) is 0 Å². The van der Waals surface area contributed by atoms with E-state index >= 15 is 0 Å². The lowest BCUT2D eigenvalue weighted by Crippen LogP contribution is -2.36. The zero-order valence-corrected chi connectivity index (χ0v) is 11.8. The Bertz CT molecular complexity index is 201. The maximum absolute atomic E-state index is 3.47. The number of hydrogen-bond donors (Lipinski definition) is 1. The van der Waals surface area contributed by atoms with Crippen molar-refractivity contribution >= 4 is 0 Å². The monoisotopic (exact) mass is 238 g/mol. The third-order valence-electron chi connectivity index (χ3n) is 4.82. The second-order valence-corrected chi connectivity index (χ2v) is 6.42. The molecule has 2 fully saturated rings. The molecule has 2 nitrogen and oxygen atoms in total. The average Bonchev–Trinajstić information content (AvgIpc) is 2.83. The smallest absolute Gasteiger partial charge is 0.00160 e. The quantitative estimate of drug-likeness (QED) is 0.792. The molecule has 17 heavy (non-hydrogen) atoms. The van der Waals surface area contributed by atoms with Crippen molar-refractivity contribution in [2.75, 3.05) is 32.7 Å². The van der Waals surface area contributed by atoms with E-state index in [0.29, 0.717) is 0 Å². The van der Waals surface area contributed by atoms with E-state index in [-0.39, 0.29) is 0 Å². The van der Waals surface area contributed by atoms with Crippen LogP contribution in [0, 0.1) is 17.8 Å². The van der Waals surface area contributed by atoms with Crippen molar-refractivity contribution in [3.63, 3.8) is 0 Å². The molecule has 0 aromatic heterocycles. The predicted molar refractivity (Wildman–Crippen MR) is 74.2 cm³/mol. The zero-order chi connectivity index (χ0) is 12.1. The van der Waals surface area contributed by atoms with Gasteiger partial charge < -0.3 is 10.2 Å². The molecule has 0 aliphatic carbocycles. The van der Waals surface area contributed by atoms with Gasteiger partial charge in [0.1, 0.15) is 0 Å². The molecule has 0 bridgehead atoms. The largest absolute Gasteiger partial charge is 0.316 e. The summed E-state index contributed by atoms with van der Waals surface area (Å²) in [6.45, 7) is 11.3. The predicted octanol–water partition coefficient (Wildman–Crippen LogP) is 2.74. The van der Waals surface area contributed by atoms with Crippen molar-refractivity contribution in [3.05, 3.63) is 0 Å². The molecule has 0 radical (unpaired) electrons. The number of piperidine rings is 1. The second-order valence-electron chi connectivity index (χ2n) is 6.42. The fraction of sp³-hybridized carbons (Fsp3) is 1.00. The summed E-state index contributed by atoms with van der Waals surface area (Å²) in [5.74, 6) is 2.86. The summed E-state index contributed by atoms with van der Waals surface area (Å²) in [5.41, 5.74) is 0. The standard InChI is InChI=1S/C15H30N2/c1-13(2)15-6-10-17(11-7-15)9-3-4-14-5-8-16-12-14/h13-16H,3-12H2,1-2H3. The van der Waals surface area contributed by atoms with Crippen LogP contribution in [0.15, 0.2) is 0 Å². The van der Waals surface area contributed by atoms with Crippen molar-refractivity contribution in [1.82, 2.24) is 10.2 Å². The Morgan fingerprint density at radius 1 is 1.18 bits per heavy atom. The zero-order valence-electron chi connectivity index (χ0n) is 11.8. The Morgan fingerprint density at radius 2 is 1.94 bits per heavy atom. The van der Waals surface area contributed by atoms with E-state index in [0.717, 1.165) is 17.8 Å². The first-order valence-electron chi connectivity index (χ1n) is 7.69. The van der Waals surface area contributed by atoms with Crippen LogP contribution in [0.4, 0.5) is 0 Å². The van der Waals surface area contributed by atoms with Gasteiger partial charge in [0.25, 0.3) is 0 Å². The minimum Gasteiger partial charge on any atom is -0.316 e. The van der Waals surface area contributed by atoms with Gasteiger partial charge >= 0.3 is 0 Å². The van der Waals surface area contributed by atoms with Gasteiger partial charge in [-0.25, -0.2) is 0 Å². The maximum atomic E-state index is 3.47. The molecule has 2 heteroatoms. The van der Waals surface area contributed by atoms with Crippen molar-refractivity contribution in [2.24, 2.45) is 17.8 Å². The van der Waals surface area contributed by atoms with Gasteiger partial charge in [-0.15, -0.1) is 0 Å². The number of rotatable bonds is 5. The van der Waals surface area contributed by atoms with E-state index in [1.807, 2.05) is 0 Å². The number of hydrogen-bond acceptors (Lipinski definition) is 2. The minimum atomic E-state index is 0.890. The van der Waals surface area contributed by atoms with Gasteiger partial charge in [0.2, 0.25) is 0 Å². The van der Waals surface area contributed by atoms with Crippen LogP contribution >= 0.6 is 0 Å². The lowest BCUT2D eigenvalue weighted by Gasteiger charge is -2.34. The molecule has 0 aromatic carbocycles. The van der Waals surface area contributed by atoms with Gasteiger partial charge in [-0.1, -0.05) is 13.8 Å². The first kappa shape index (κ1) is 13.4. The fourth-order valence-corrected chi connectivity index (χ4v) is 3.41. The lowest BCUT2D eigenvalue weighted by molar-refractivity contribution is 0.154. The summed E-state index contributed by atoms with van der Waals surface area (Å²) in [4.78, 5) is 2.70. The third kappa shape index (κ3) is 4.26. The molecule has 0 spiro atoms. The Hall–Kier alpha value is -0.0800. The van der Waals surface area contributed by atoms with Crippen LogP contribution in [0.5, 0.6) is 0 Å². The Kier molecular flexibility index (Phi) is 5.30. The minimum absolute atomic E-state index is 0.890. The van der Waals surface area contributed by atoms with Crippen LogP contribution in [0.1, 0.15) is 46.0 Å². The van der Waals surface area contributed by atoms with Crippen LogP contribution in [-0.4, -0.2) is 37.6 Å². The molecule has 0 aromatic rings. The van der Waals surface area contributed by atoms with Crippen LogP contribution in [-0.2, 0) is 0 Å². The van der Waals surface area contributed by atoms with E-state index in [1.165, 1.54) is 64.8 Å². The summed E-state index contributed by atoms with van der Waals surface area (Å²) in [6, 6.07) is 0. The molecule has 2 saturated heterocycles. The fourth-order valence-electron chi connectivity index (χ4n) is 3.41. The van der Waals surface area contributed by atoms with Gasteiger partial charge in [0, 0.05) is 0 Å². The van der Waals surface area contributed by atoms with Gasteiger partial charge in [-0.05, 0) is 82.6 Å². The molecule has 0 amide bonds. The second kappa shape index (κ2) is 6.75. The van der Waals surface area contributed by atoms with Gasteiger partial charge in [0.05, 0.1) is 0 Å². The Morgan fingerprint density at radius 3 is 2.53 bits per heavy atom. The third-order valence-corrected chi connectivity index (χ3v) is 4.82. The van der Waals surface area contributed by atoms with Crippen molar-refractivity contribution < 1.29 is 0 Å². The number of nitrogens with one attached hydrogen (secondary N) is 1. The average molecular weight is 238 g/mol. The highest BCUT2D eigenvalue weighted by Gasteiger charge is 2.21. The topological polar surface area (TPSA) is 15.3 Å². The van der Waals surface area contributed by atoms with Crippen LogP contribution in [0.25, 0.3) is 0 Å². The molecular formula is C15H30N2. The number of nitrogens with zero attached hydrogens (tertiary/aromatic N) is 1. The van der Waals surface area contributed by atoms with Gasteiger partial charge in [0.15, 0.2) is 0 Å². The van der Waals surface area contributed by atoms with Crippen LogP contribution < -0.4 is 5.32 Å². The van der Waals surface area contributed by atoms with Gasteiger partial charge in [-0.3, -0.25) is 0 Å². The summed E-state index contributed by atoms with van der Waals surface area (Å²) < 4.78 is 0. The number of likely N-dealkylation sites (tertiary alicyclic amines) is 1. The lowest BCUT2D eigenvalue weighted by atomic mass is 9.86. The molecule has 2 rings (SSSR count). The summed E-state index contributed by atoms with van der Waals surface area (Å²) in [7, 11) is 0. The molecule has 2 aliphatic heterocycles. The molecular weight excluding hydrogens is 208 g/mol. The highest BCUT2D eigenvalue weighted by molar-refractivity contribution is 4.75. The molecule has 1 atom stereocenters. The SMILES string of the molecule is CC(C)C1CCN(CCCC2CCNC2)CC1. The van der Waals surface area contributed by atoms with E-state index in [2.05, 4.69) is 24.1 Å². The van der Waals surface area contributed by atoms with Crippen LogP contribution in [0.3, 0.4) is 0 Å². The molecule has 1 unspecified atom stereocenters. The highest BCUT2D eigenvalue weighted by Crippen LogP contribution is 2.24. The molecule has 100 valence electrons. The Labute approximate surface area is 107 Å². The first-order valence-corrected chi connectivity index (χ1v) is 7.69. The Balaban J connectivity index is 1.55. The van der Waals surface area contributed by atoms with Crippen molar-refractivity contribution in [1.29, 1.82) is 0 Å². The van der Waals surface area contributed by atoms with Gasteiger partial charge in [-0.2, -0.15) is 0 Å². The molecule has 2 aliphatic rings. The van der Waals surface area contributed by atoms with E-state index < -0.39 is 0 Å². The van der Waals surface area contributed by atoms with Crippen molar-refractivity contribution in [3.8, 4) is 0 Å². The molecule has 1 N–H and O–H groups in total. The first-order chi connectivity index (χ1) is 8.25. The summed E-state index contributed by atoms with van der Waals surface area (Å²) in [6.07, 6.45) is 7.14. The van der Waals surface area contributed by atoms with Crippen LogP contribution in [0.2, 0.25) is 0 Å². The summed E-state index contributed by atoms with van der Waals surface area (Å²) in [5, 5.41) is 3.47. The highest BCUT2D eigenvalue weighted by atomic mass is 15.1. The van der Waals surface area contributed by atoms with E-state index in [1.54, 1.807) is 0 Å². The van der Waals surface area contributed by atoms with Crippen molar-refractivity contribution in [2.45, 2.75) is 46.0 Å². The maximum Gasteiger partial charge on any atom is -0.00160 e. The normalized spacial score (nSPS) is 28.1. The van der Waals surface area contributed by atoms with E-state index in [4.69, 9.17) is 0 Å². The molecule has 2 heterocycles. The summed E-state index contributed by atoms with van der Waals surface area (Å²) >= 11 is 0.